The number of Topliss-reactive ketones (excluding diaryl/α,β-unsaturated/α-hetero) is 1. The van der Waals surface area contributed by atoms with Crippen LogP contribution in [-0.4, -0.2) is 17.1 Å². The van der Waals surface area contributed by atoms with Gasteiger partial charge in [0.15, 0.2) is 5.76 Å². The summed E-state index contributed by atoms with van der Waals surface area (Å²) in [7, 11) is 0. The van der Waals surface area contributed by atoms with E-state index in [1.165, 1.54) is 0 Å². The Labute approximate surface area is 65.4 Å². The number of hydrogen-bond acceptors (Lipinski definition) is 3. The molecule has 3 heteroatoms. The fraction of sp³-hybridized carbons (Fsp3) is 0.500. The van der Waals surface area contributed by atoms with E-state index in [2.05, 4.69) is 4.99 Å². The van der Waals surface area contributed by atoms with E-state index in [1.54, 1.807) is 13.1 Å². The molecule has 0 amide bonds. The Kier molecular flexibility index (Phi) is 2.08. The van der Waals surface area contributed by atoms with E-state index in [4.69, 9.17) is 5.11 Å². The highest BCUT2D eigenvalue weighted by molar-refractivity contribution is 6.06. The monoisotopic (exact) mass is 153 g/mol. The van der Waals surface area contributed by atoms with Gasteiger partial charge in [-0.15, -0.1) is 0 Å². The van der Waals surface area contributed by atoms with Crippen LogP contribution in [0, 0.1) is 5.92 Å². The molecule has 0 aliphatic carbocycles. The minimum absolute atomic E-state index is 0.181. The second-order valence-corrected chi connectivity index (χ2v) is 2.59. The van der Waals surface area contributed by atoms with Gasteiger partial charge in [0.05, 0.1) is 11.6 Å². The van der Waals surface area contributed by atoms with Gasteiger partial charge in [0, 0.05) is 6.21 Å². The number of carbonyl (C=O) groups excluding carboxylic acids is 1. The first-order valence-electron chi connectivity index (χ1n) is 3.65. The summed E-state index contributed by atoms with van der Waals surface area (Å²) in [5.74, 6) is -0.613. The fourth-order valence-corrected chi connectivity index (χ4v) is 0.975. The van der Waals surface area contributed by atoms with Crippen molar-refractivity contribution in [3.63, 3.8) is 0 Å². The van der Waals surface area contributed by atoms with E-state index in [0.29, 0.717) is 12.1 Å². The average Bonchev–Trinajstić information content (AvgIpc) is 2.01. The summed E-state index contributed by atoms with van der Waals surface area (Å²) < 4.78 is 0. The molecule has 0 aromatic rings. The molecule has 0 aromatic heterocycles. The molecular weight excluding hydrogens is 142 g/mol. The molecule has 1 rings (SSSR count). The van der Waals surface area contributed by atoms with Crippen LogP contribution in [0.15, 0.2) is 16.4 Å². The molecule has 1 aliphatic heterocycles. The highest BCUT2D eigenvalue weighted by atomic mass is 16.3. The van der Waals surface area contributed by atoms with Crippen LogP contribution < -0.4 is 0 Å². The first kappa shape index (κ1) is 7.98. The van der Waals surface area contributed by atoms with Crippen LogP contribution in [0.5, 0.6) is 0 Å². The van der Waals surface area contributed by atoms with E-state index < -0.39 is 0 Å². The van der Waals surface area contributed by atoms with Crippen molar-refractivity contribution >= 4 is 12.0 Å². The molecule has 0 saturated heterocycles. The lowest BCUT2D eigenvalue weighted by Gasteiger charge is -2.12. The van der Waals surface area contributed by atoms with Crippen molar-refractivity contribution in [1.29, 1.82) is 0 Å². The van der Waals surface area contributed by atoms with Crippen molar-refractivity contribution in [2.45, 2.75) is 20.3 Å². The molecule has 1 atom stereocenters. The maximum Gasteiger partial charge on any atom is 0.207 e. The number of hydrogen-bond donors (Lipinski definition) is 1. The Balaban J connectivity index is 2.91. The topological polar surface area (TPSA) is 49.7 Å². The molecule has 60 valence electrons. The van der Waals surface area contributed by atoms with E-state index >= 15 is 0 Å². The van der Waals surface area contributed by atoms with Crippen molar-refractivity contribution in [3.05, 3.63) is 11.5 Å². The van der Waals surface area contributed by atoms with Crippen LogP contribution in [0.3, 0.4) is 0 Å². The maximum atomic E-state index is 11.2. The molecule has 0 radical (unpaired) electrons. The second-order valence-electron chi connectivity index (χ2n) is 2.59. The van der Waals surface area contributed by atoms with E-state index in [1.807, 2.05) is 6.92 Å². The Morgan fingerprint density at radius 3 is 2.91 bits per heavy atom. The largest absolute Gasteiger partial charge is 0.503 e. The van der Waals surface area contributed by atoms with Gasteiger partial charge < -0.3 is 5.11 Å². The van der Waals surface area contributed by atoms with E-state index in [0.717, 1.165) is 0 Å². The SMILES string of the molecule is CCC1C=NC(C)=C(O)C1=O. The van der Waals surface area contributed by atoms with Crippen molar-refractivity contribution in [2.24, 2.45) is 10.9 Å². The average molecular weight is 153 g/mol. The molecule has 1 heterocycles. The number of allylic oxidation sites excluding steroid dienone is 2. The molecule has 1 unspecified atom stereocenters. The zero-order chi connectivity index (χ0) is 8.43. The number of rotatable bonds is 1. The Morgan fingerprint density at radius 1 is 1.73 bits per heavy atom. The second kappa shape index (κ2) is 2.86. The zero-order valence-electron chi connectivity index (χ0n) is 6.66. The Hall–Kier alpha value is -1.12. The van der Waals surface area contributed by atoms with Gasteiger partial charge in [-0.1, -0.05) is 6.92 Å². The molecule has 0 spiro atoms. The summed E-state index contributed by atoms with van der Waals surface area (Å²) in [5, 5.41) is 9.16. The number of aliphatic hydroxyl groups is 1. The van der Waals surface area contributed by atoms with Crippen LogP contribution >= 0.6 is 0 Å². The van der Waals surface area contributed by atoms with Crippen molar-refractivity contribution in [3.8, 4) is 0 Å². The maximum absolute atomic E-state index is 11.2. The molecule has 0 aromatic carbocycles. The van der Waals surface area contributed by atoms with Gasteiger partial charge in [-0.3, -0.25) is 9.79 Å². The van der Waals surface area contributed by atoms with E-state index in [9.17, 15) is 4.79 Å². The molecule has 0 fully saturated rings. The van der Waals surface area contributed by atoms with Crippen LogP contribution in [0.1, 0.15) is 20.3 Å². The predicted octanol–water partition coefficient (Wildman–Crippen LogP) is 1.46. The van der Waals surface area contributed by atoms with Crippen LogP contribution in [0.4, 0.5) is 0 Å². The summed E-state index contributed by atoms with van der Waals surface area (Å²) in [6.45, 7) is 3.51. The lowest BCUT2D eigenvalue weighted by Crippen LogP contribution is -2.21. The number of ketones is 1. The molecule has 11 heavy (non-hydrogen) atoms. The smallest absolute Gasteiger partial charge is 0.207 e. The van der Waals surface area contributed by atoms with Gasteiger partial charge in [0.1, 0.15) is 0 Å². The fourth-order valence-electron chi connectivity index (χ4n) is 0.975. The summed E-state index contributed by atoms with van der Waals surface area (Å²) in [6.07, 6.45) is 2.29. The third-order valence-electron chi connectivity index (χ3n) is 1.80. The molecule has 3 nitrogen and oxygen atoms in total. The van der Waals surface area contributed by atoms with Gasteiger partial charge in [-0.05, 0) is 13.3 Å². The minimum Gasteiger partial charge on any atom is -0.503 e. The molecular formula is C8H11NO2. The normalized spacial score (nSPS) is 24.5. The molecule has 0 saturated carbocycles. The van der Waals surface area contributed by atoms with Crippen LogP contribution in [-0.2, 0) is 4.79 Å². The van der Waals surface area contributed by atoms with Gasteiger partial charge in [-0.25, -0.2) is 0 Å². The Bertz CT molecular complexity index is 240. The lowest BCUT2D eigenvalue weighted by molar-refractivity contribution is -0.120. The summed E-state index contributed by atoms with van der Waals surface area (Å²) in [5.41, 5.74) is 0.416. The number of carbonyl (C=O) groups is 1. The van der Waals surface area contributed by atoms with Gasteiger partial charge in [-0.2, -0.15) is 0 Å². The summed E-state index contributed by atoms with van der Waals surface area (Å²) in [4.78, 5) is 15.1. The molecule has 1 aliphatic rings. The third kappa shape index (κ3) is 1.31. The highest BCUT2D eigenvalue weighted by Gasteiger charge is 2.23. The summed E-state index contributed by atoms with van der Waals surface area (Å²) in [6, 6.07) is 0. The number of aliphatic imine (C=N–C) groups is 1. The first-order chi connectivity index (χ1) is 5.16. The highest BCUT2D eigenvalue weighted by Crippen LogP contribution is 2.16. The van der Waals surface area contributed by atoms with Gasteiger partial charge >= 0.3 is 0 Å². The van der Waals surface area contributed by atoms with Crippen molar-refractivity contribution in [2.75, 3.05) is 0 Å². The van der Waals surface area contributed by atoms with Gasteiger partial charge in [0.25, 0.3) is 0 Å². The first-order valence-corrected chi connectivity index (χ1v) is 3.65. The molecule has 1 N–H and O–H groups in total. The van der Waals surface area contributed by atoms with Crippen molar-refractivity contribution < 1.29 is 9.90 Å². The molecule has 0 bridgehead atoms. The predicted molar refractivity (Wildman–Crippen MR) is 42.6 cm³/mol. The number of nitrogens with zero attached hydrogens (tertiary/aromatic N) is 1. The van der Waals surface area contributed by atoms with Crippen LogP contribution in [0.25, 0.3) is 0 Å². The van der Waals surface area contributed by atoms with E-state index in [-0.39, 0.29) is 17.5 Å². The lowest BCUT2D eigenvalue weighted by atomic mass is 9.98. The Morgan fingerprint density at radius 2 is 2.36 bits per heavy atom. The zero-order valence-corrected chi connectivity index (χ0v) is 6.66. The quantitative estimate of drug-likeness (QED) is 0.619. The standard InChI is InChI=1S/C8H11NO2/c1-3-6-4-9-5(2)7(10)8(6)11/h4,6,10H,3H2,1-2H3. The third-order valence-corrected chi connectivity index (χ3v) is 1.80. The van der Waals surface area contributed by atoms with Crippen LogP contribution in [0.2, 0.25) is 0 Å². The van der Waals surface area contributed by atoms with Gasteiger partial charge in [0.2, 0.25) is 5.78 Å². The summed E-state index contributed by atoms with van der Waals surface area (Å²) >= 11 is 0. The van der Waals surface area contributed by atoms with Crippen molar-refractivity contribution in [1.82, 2.24) is 0 Å². The minimum atomic E-state index is -0.223. The number of aliphatic hydroxyl groups excluding tert-OH is 1.